The maximum atomic E-state index is 11.4. The third-order valence-electron chi connectivity index (χ3n) is 9.34. The van der Waals surface area contributed by atoms with Gasteiger partial charge in [-0.25, -0.2) is 0 Å². The van der Waals surface area contributed by atoms with Crippen molar-refractivity contribution in [2.75, 3.05) is 0 Å². The topological polar surface area (TPSA) is 57.5 Å². The Balaban J connectivity index is 1.66. The van der Waals surface area contributed by atoms with Crippen LogP contribution in [0.25, 0.3) is 0 Å². The molecular formula is C22H34O3. The third-order valence-corrected chi connectivity index (χ3v) is 9.34. The lowest BCUT2D eigenvalue weighted by molar-refractivity contribution is -0.168. The van der Waals surface area contributed by atoms with Crippen LogP contribution >= 0.6 is 0 Å². The Morgan fingerprint density at radius 1 is 1.04 bits per heavy atom. The van der Waals surface area contributed by atoms with Crippen LogP contribution < -0.4 is 0 Å². The predicted octanol–water partition coefficient (Wildman–Crippen LogP) is 3.73. The van der Waals surface area contributed by atoms with Crippen molar-refractivity contribution < 1.29 is 15.0 Å². The summed E-state index contributed by atoms with van der Waals surface area (Å²) in [5, 5.41) is 21.4. The van der Waals surface area contributed by atoms with Crippen molar-refractivity contribution >= 4 is 6.29 Å². The number of carbonyl (C=O) groups excluding carboxylic acids is 1. The van der Waals surface area contributed by atoms with Gasteiger partial charge in [0.25, 0.3) is 0 Å². The highest BCUT2D eigenvalue weighted by molar-refractivity contribution is 5.73. The second-order valence-electron chi connectivity index (χ2n) is 10.0. The fraction of sp³-hybridized carbons (Fsp3) is 0.864. The van der Waals surface area contributed by atoms with Crippen molar-refractivity contribution in [1.82, 2.24) is 0 Å². The van der Waals surface area contributed by atoms with E-state index < -0.39 is 0 Å². The Hall–Kier alpha value is -0.670. The summed E-state index contributed by atoms with van der Waals surface area (Å²) in [6.07, 6.45) is 8.84. The van der Waals surface area contributed by atoms with Gasteiger partial charge in [0.15, 0.2) is 0 Å². The molecule has 9 atom stereocenters. The first-order valence-electron chi connectivity index (χ1n) is 10.3. The maximum Gasteiger partial charge on any atom is 0.145 e. The van der Waals surface area contributed by atoms with Crippen molar-refractivity contribution in [3.05, 3.63) is 12.2 Å². The van der Waals surface area contributed by atoms with E-state index in [1.165, 1.54) is 12.8 Å². The normalized spacial score (nSPS) is 55.0. The van der Waals surface area contributed by atoms with Crippen molar-refractivity contribution in [3.8, 4) is 0 Å². The molecule has 140 valence electrons. The monoisotopic (exact) mass is 346 g/mol. The molecule has 0 bridgehead atoms. The first-order valence-corrected chi connectivity index (χ1v) is 10.3. The molecule has 0 heterocycles. The quantitative estimate of drug-likeness (QED) is 0.592. The summed E-state index contributed by atoms with van der Waals surface area (Å²) in [5.74, 6) is 2.48. The third kappa shape index (κ3) is 2.34. The molecule has 3 heteroatoms. The SMILES string of the molecule is C=C(C=O)[C@H]1CC[C@H]2[C@@H]3CC[C@@H]4C[C@@H](O)CC[C@]4(C)[C@H]3C[C@H](O)[C@]12C. The summed E-state index contributed by atoms with van der Waals surface area (Å²) in [6, 6.07) is 0. The molecule has 2 N–H and O–H groups in total. The summed E-state index contributed by atoms with van der Waals surface area (Å²) >= 11 is 0. The molecule has 4 aliphatic carbocycles. The molecule has 0 aromatic heterocycles. The summed E-state index contributed by atoms with van der Waals surface area (Å²) in [4.78, 5) is 11.4. The first-order chi connectivity index (χ1) is 11.8. The maximum absolute atomic E-state index is 11.4. The zero-order valence-corrected chi connectivity index (χ0v) is 15.8. The molecular weight excluding hydrogens is 312 g/mol. The minimum absolute atomic E-state index is 0.125. The Bertz CT molecular complexity index is 572. The van der Waals surface area contributed by atoms with Crippen LogP contribution in [0.2, 0.25) is 0 Å². The van der Waals surface area contributed by atoms with E-state index in [1.54, 1.807) is 0 Å². The number of carbonyl (C=O) groups is 1. The van der Waals surface area contributed by atoms with Crippen LogP contribution in [0.15, 0.2) is 12.2 Å². The van der Waals surface area contributed by atoms with Crippen LogP contribution in [0.3, 0.4) is 0 Å². The lowest BCUT2D eigenvalue weighted by Crippen LogP contribution is -2.58. The van der Waals surface area contributed by atoms with E-state index in [9.17, 15) is 15.0 Å². The summed E-state index contributed by atoms with van der Waals surface area (Å²) in [6.45, 7) is 8.67. The minimum Gasteiger partial charge on any atom is -0.393 e. The van der Waals surface area contributed by atoms with E-state index in [0.717, 1.165) is 44.8 Å². The molecule has 0 aromatic rings. The van der Waals surface area contributed by atoms with Crippen molar-refractivity contribution in [2.45, 2.75) is 77.4 Å². The summed E-state index contributed by atoms with van der Waals surface area (Å²) in [7, 11) is 0. The van der Waals surface area contributed by atoms with Crippen LogP contribution in [0.4, 0.5) is 0 Å². The van der Waals surface area contributed by atoms with Crippen LogP contribution in [0, 0.1) is 40.4 Å². The van der Waals surface area contributed by atoms with E-state index in [0.29, 0.717) is 29.2 Å². The first kappa shape index (κ1) is 17.7. The van der Waals surface area contributed by atoms with Gasteiger partial charge < -0.3 is 10.2 Å². The van der Waals surface area contributed by atoms with Gasteiger partial charge in [-0.15, -0.1) is 0 Å². The number of fused-ring (bicyclic) bond motifs is 5. The Morgan fingerprint density at radius 3 is 2.52 bits per heavy atom. The second-order valence-corrected chi connectivity index (χ2v) is 10.0. The lowest BCUT2D eigenvalue weighted by atomic mass is 9.44. The van der Waals surface area contributed by atoms with E-state index in [2.05, 4.69) is 20.4 Å². The van der Waals surface area contributed by atoms with Crippen molar-refractivity contribution in [3.63, 3.8) is 0 Å². The standard InChI is InChI=1S/C22H34O3/c1-13(12-23)17-6-7-18-16-5-4-14-10-15(24)8-9-21(14,2)19(16)11-20(25)22(17,18)3/h12,14-20,24-25H,1,4-11H2,2-3H3/t14-,15+,16+,17-,18+,19+,20+,21+,22-/m1/s1. The van der Waals surface area contributed by atoms with Gasteiger partial charge >= 0.3 is 0 Å². The van der Waals surface area contributed by atoms with Gasteiger partial charge in [-0.1, -0.05) is 20.4 Å². The Labute approximate surface area is 151 Å². The number of aliphatic hydroxyl groups is 2. The summed E-state index contributed by atoms with van der Waals surface area (Å²) < 4.78 is 0. The van der Waals surface area contributed by atoms with Gasteiger partial charge in [0.2, 0.25) is 0 Å². The van der Waals surface area contributed by atoms with Crippen LogP contribution in [-0.4, -0.2) is 28.7 Å². The van der Waals surface area contributed by atoms with Gasteiger partial charge in [0.05, 0.1) is 12.2 Å². The van der Waals surface area contributed by atoms with Gasteiger partial charge in [0.1, 0.15) is 6.29 Å². The van der Waals surface area contributed by atoms with Crippen molar-refractivity contribution in [1.29, 1.82) is 0 Å². The number of rotatable bonds is 2. The molecule has 0 spiro atoms. The van der Waals surface area contributed by atoms with Gasteiger partial charge in [-0.3, -0.25) is 4.79 Å². The molecule has 0 amide bonds. The van der Waals surface area contributed by atoms with E-state index in [4.69, 9.17) is 0 Å². The number of aldehydes is 1. The Kier molecular flexibility index (Phi) is 4.20. The smallest absolute Gasteiger partial charge is 0.145 e. The van der Waals surface area contributed by atoms with Crippen LogP contribution in [0.5, 0.6) is 0 Å². The average Bonchev–Trinajstić information content (AvgIpc) is 2.95. The molecule has 4 rings (SSSR count). The highest BCUT2D eigenvalue weighted by Crippen LogP contribution is 2.68. The van der Waals surface area contributed by atoms with Gasteiger partial charge in [0, 0.05) is 5.41 Å². The molecule has 0 radical (unpaired) electrons. The minimum atomic E-state index is -0.342. The fourth-order valence-corrected chi connectivity index (χ4v) is 7.89. The van der Waals surface area contributed by atoms with Crippen LogP contribution in [0.1, 0.15) is 65.2 Å². The lowest BCUT2D eigenvalue weighted by Gasteiger charge is -2.62. The molecule has 0 aromatic carbocycles. The van der Waals surface area contributed by atoms with E-state index in [-0.39, 0.29) is 29.0 Å². The molecule has 3 nitrogen and oxygen atoms in total. The van der Waals surface area contributed by atoms with E-state index >= 15 is 0 Å². The molecule has 4 saturated carbocycles. The molecule has 0 aliphatic heterocycles. The second kappa shape index (κ2) is 5.92. The van der Waals surface area contributed by atoms with Crippen molar-refractivity contribution in [2.24, 2.45) is 40.4 Å². The summed E-state index contributed by atoms with van der Waals surface area (Å²) in [5.41, 5.74) is 0.768. The molecule has 4 fully saturated rings. The number of allylic oxidation sites excluding steroid dienone is 1. The molecule has 25 heavy (non-hydrogen) atoms. The molecule has 0 saturated heterocycles. The highest BCUT2D eigenvalue weighted by Gasteiger charge is 2.63. The van der Waals surface area contributed by atoms with Gasteiger partial charge in [-0.2, -0.15) is 0 Å². The number of aliphatic hydroxyl groups excluding tert-OH is 2. The largest absolute Gasteiger partial charge is 0.393 e. The number of hydrogen-bond acceptors (Lipinski definition) is 3. The molecule has 4 aliphatic rings. The average molecular weight is 347 g/mol. The van der Waals surface area contributed by atoms with E-state index in [1.807, 2.05) is 0 Å². The highest BCUT2D eigenvalue weighted by atomic mass is 16.3. The zero-order valence-electron chi connectivity index (χ0n) is 15.8. The zero-order chi connectivity index (χ0) is 18.0. The fourth-order valence-electron chi connectivity index (χ4n) is 7.89. The molecule has 0 unspecified atom stereocenters. The predicted molar refractivity (Wildman–Crippen MR) is 97.8 cm³/mol. The van der Waals surface area contributed by atoms with Gasteiger partial charge in [-0.05, 0) is 91.9 Å². The van der Waals surface area contributed by atoms with Crippen LogP contribution in [-0.2, 0) is 4.79 Å². The Morgan fingerprint density at radius 2 is 1.80 bits per heavy atom. The number of hydrogen-bond donors (Lipinski definition) is 2.